The minimum absolute atomic E-state index is 0.195. The first-order chi connectivity index (χ1) is 8.75. The number of nitrogens with two attached hydrogens (primary N) is 1. The van der Waals surface area contributed by atoms with Crippen LogP contribution in [0.5, 0.6) is 0 Å². The molecule has 0 fully saturated rings. The molecule has 1 aromatic carbocycles. The van der Waals surface area contributed by atoms with Gasteiger partial charge in [-0.25, -0.2) is 9.78 Å². The van der Waals surface area contributed by atoms with Crippen molar-refractivity contribution in [3.05, 3.63) is 58.6 Å². The molecule has 3 aromatic rings. The topological polar surface area (TPSA) is 76.7 Å². The molecule has 0 aliphatic carbocycles. The Kier molecular flexibility index (Phi) is 2.37. The molecule has 90 valence electrons. The summed E-state index contributed by atoms with van der Waals surface area (Å²) in [5.41, 5.74) is 8.37. The van der Waals surface area contributed by atoms with Crippen molar-refractivity contribution in [2.45, 2.75) is 6.54 Å². The van der Waals surface area contributed by atoms with Gasteiger partial charge in [-0.05, 0) is 11.6 Å². The number of nitrogens with zero attached hydrogens (tertiary/aromatic N) is 2. The van der Waals surface area contributed by atoms with E-state index < -0.39 is 0 Å². The maximum absolute atomic E-state index is 11.9. The number of fused-ring (bicyclic) bond motifs is 1. The highest BCUT2D eigenvalue weighted by Gasteiger charge is 2.09. The van der Waals surface area contributed by atoms with Gasteiger partial charge in [-0.15, -0.1) is 0 Å². The molecule has 18 heavy (non-hydrogen) atoms. The first-order valence-electron chi connectivity index (χ1n) is 5.62. The number of aromatic nitrogens is 3. The largest absolute Gasteiger partial charge is 0.397 e. The van der Waals surface area contributed by atoms with Crippen LogP contribution in [0.3, 0.4) is 0 Å². The minimum atomic E-state index is -0.195. The van der Waals surface area contributed by atoms with E-state index in [2.05, 4.69) is 9.97 Å². The van der Waals surface area contributed by atoms with Crippen molar-refractivity contribution in [2.75, 3.05) is 5.73 Å². The molecule has 0 spiro atoms. The lowest BCUT2D eigenvalue weighted by atomic mass is 10.2. The molecule has 0 radical (unpaired) electrons. The predicted molar refractivity (Wildman–Crippen MR) is 70.3 cm³/mol. The number of aromatic amines is 1. The van der Waals surface area contributed by atoms with E-state index in [-0.39, 0.29) is 5.69 Å². The zero-order valence-electron chi connectivity index (χ0n) is 9.63. The average Bonchev–Trinajstić information content (AvgIpc) is 2.70. The second-order valence-corrected chi connectivity index (χ2v) is 4.10. The Morgan fingerprint density at radius 3 is 2.78 bits per heavy atom. The number of pyridine rings is 1. The molecule has 5 heteroatoms. The Labute approximate surface area is 103 Å². The van der Waals surface area contributed by atoms with E-state index in [0.717, 1.165) is 5.56 Å². The fraction of sp³-hybridized carbons (Fsp3) is 0.0769. The van der Waals surface area contributed by atoms with Crippen LogP contribution in [0.2, 0.25) is 0 Å². The number of benzene rings is 1. The zero-order chi connectivity index (χ0) is 12.5. The molecule has 0 bridgehead atoms. The van der Waals surface area contributed by atoms with Crippen molar-refractivity contribution in [3.8, 4) is 0 Å². The monoisotopic (exact) mass is 240 g/mol. The fourth-order valence-corrected chi connectivity index (χ4v) is 1.98. The molecule has 5 nitrogen and oxygen atoms in total. The van der Waals surface area contributed by atoms with E-state index in [4.69, 9.17) is 5.73 Å². The van der Waals surface area contributed by atoms with Crippen LogP contribution in [0.1, 0.15) is 5.56 Å². The molecule has 0 atom stereocenters. The number of nitrogens with one attached hydrogen (secondary N) is 1. The lowest BCUT2D eigenvalue weighted by molar-refractivity contribution is 0.778. The number of anilines is 1. The van der Waals surface area contributed by atoms with Crippen LogP contribution < -0.4 is 11.4 Å². The summed E-state index contributed by atoms with van der Waals surface area (Å²) in [5, 5.41) is 0. The Bertz CT molecular complexity index is 743. The van der Waals surface area contributed by atoms with Gasteiger partial charge in [-0.1, -0.05) is 30.3 Å². The second-order valence-electron chi connectivity index (χ2n) is 4.10. The summed E-state index contributed by atoms with van der Waals surface area (Å²) in [6, 6.07) is 11.4. The van der Waals surface area contributed by atoms with Crippen LogP contribution in [0.4, 0.5) is 5.69 Å². The Morgan fingerprint density at radius 2 is 2.00 bits per heavy atom. The van der Waals surface area contributed by atoms with E-state index in [1.54, 1.807) is 16.8 Å². The van der Waals surface area contributed by atoms with Crippen molar-refractivity contribution in [1.82, 2.24) is 14.5 Å². The van der Waals surface area contributed by atoms with E-state index in [1.165, 1.54) is 0 Å². The highest BCUT2D eigenvalue weighted by molar-refractivity contribution is 5.83. The Hall–Kier alpha value is -2.56. The number of H-pyrrole nitrogens is 1. The third-order valence-electron chi connectivity index (χ3n) is 2.88. The van der Waals surface area contributed by atoms with Gasteiger partial charge in [0.1, 0.15) is 5.52 Å². The van der Waals surface area contributed by atoms with Crippen LogP contribution in [-0.2, 0) is 6.54 Å². The standard InChI is InChI=1S/C13H12N4O/c14-10-6-7-15-12-11(10)16-13(18)17(12)8-9-4-2-1-3-5-9/h1-7H,8H2,(H2,14,15)(H,16,18). The summed E-state index contributed by atoms with van der Waals surface area (Å²) in [6.07, 6.45) is 1.60. The van der Waals surface area contributed by atoms with Crippen LogP contribution in [0.25, 0.3) is 11.2 Å². The number of rotatable bonds is 2. The molecule has 2 heterocycles. The maximum atomic E-state index is 11.9. The molecular weight excluding hydrogens is 228 g/mol. The first-order valence-corrected chi connectivity index (χ1v) is 5.62. The maximum Gasteiger partial charge on any atom is 0.328 e. The number of hydrogen-bond acceptors (Lipinski definition) is 3. The summed E-state index contributed by atoms with van der Waals surface area (Å²) in [6.45, 7) is 0.482. The molecule has 0 aliphatic heterocycles. The van der Waals surface area contributed by atoms with E-state index in [9.17, 15) is 4.79 Å². The summed E-state index contributed by atoms with van der Waals surface area (Å²) in [5.74, 6) is 0. The molecule has 3 rings (SSSR count). The summed E-state index contributed by atoms with van der Waals surface area (Å²) >= 11 is 0. The SMILES string of the molecule is Nc1ccnc2c1[nH]c(=O)n2Cc1ccccc1. The summed E-state index contributed by atoms with van der Waals surface area (Å²) in [4.78, 5) is 18.9. The lowest BCUT2D eigenvalue weighted by Gasteiger charge is -2.02. The molecular formula is C13H12N4O. The summed E-state index contributed by atoms with van der Waals surface area (Å²) < 4.78 is 1.58. The van der Waals surface area contributed by atoms with Crippen LogP contribution in [0.15, 0.2) is 47.4 Å². The van der Waals surface area contributed by atoms with Crippen molar-refractivity contribution in [2.24, 2.45) is 0 Å². The second kappa shape index (κ2) is 4.03. The fourth-order valence-electron chi connectivity index (χ4n) is 1.98. The average molecular weight is 240 g/mol. The smallest absolute Gasteiger partial charge is 0.328 e. The van der Waals surface area contributed by atoms with Gasteiger partial charge in [-0.2, -0.15) is 0 Å². The Morgan fingerprint density at radius 1 is 1.22 bits per heavy atom. The first kappa shape index (κ1) is 10.6. The summed E-state index contributed by atoms with van der Waals surface area (Å²) in [7, 11) is 0. The van der Waals surface area contributed by atoms with Gasteiger partial charge in [0.05, 0.1) is 12.2 Å². The number of hydrogen-bond donors (Lipinski definition) is 2. The highest BCUT2D eigenvalue weighted by Crippen LogP contribution is 2.15. The van der Waals surface area contributed by atoms with E-state index in [1.807, 2.05) is 30.3 Å². The van der Waals surface area contributed by atoms with Gasteiger partial charge >= 0.3 is 5.69 Å². The molecule has 0 aliphatic rings. The highest BCUT2D eigenvalue weighted by atomic mass is 16.1. The van der Waals surface area contributed by atoms with Gasteiger partial charge in [0.15, 0.2) is 5.65 Å². The van der Waals surface area contributed by atoms with Crippen molar-refractivity contribution in [1.29, 1.82) is 0 Å². The molecule has 0 unspecified atom stereocenters. The van der Waals surface area contributed by atoms with Crippen LogP contribution in [0, 0.1) is 0 Å². The molecule has 0 saturated heterocycles. The van der Waals surface area contributed by atoms with Crippen molar-refractivity contribution >= 4 is 16.9 Å². The van der Waals surface area contributed by atoms with E-state index >= 15 is 0 Å². The lowest BCUT2D eigenvalue weighted by Crippen LogP contribution is -2.17. The number of imidazole rings is 1. The van der Waals surface area contributed by atoms with Gasteiger partial charge in [-0.3, -0.25) is 4.57 Å². The molecule has 3 N–H and O–H groups in total. The zero-order valence-corrected chi connectivity index (χ0v) is 9.63. The third kappa shape index (κ3) is 1.66. The van der Waals surface area contributed by atoms with Crippen LogP contribution in [-0.4, -0.2) is 14.5 Å². The van der Waals surface area contributed by atoms with Crippen molar-refractivity contribution < 1.29 is 0 Å². The van der Waals surface area contributed by atoms with E-state index in [0.29, 0.717) is 23.4 Å². The van der Waals surface area contributed by atoms with Gasteiger partial charge in [0, 0.05) is 6.20 Å². The Balaban J connectivity index is 2.15. The molecule has 0 amide bonds. The quantitative estimate of drug-likeness (QED) is 0.710. The van der Waals surface area contributed by atoms with Gasteiger partial charge in [0.25, 0.3) is 0 Å². The predicted octanol–water partition coefficient (Wildman–Crippen LogP) is 1.36. The number of nitrogen functional groups attached to an aromatic ring is 1. The third-order valence-corrected chi connectivity index (χ3v) is 2.88. The van der Waals surface area contributed by atoms with Gasteiger partial charge in [0.2, 0.25) is 0 Å². The molecule has 0 saturated carbocycles. The normalized spacial score (nSPS) is 10.9. The van der Waals surface area contributed by atoms with Crippen LogP contribution >= 0.6 is 0 Å². The molecule has 2 aromatic heterocycles. The minimum Gasteiger partial charge on any atom is -0.397 e. The van der Waals surface area contributed by atoms with Crippen molar-refractivity contribution in [3.63, 3.8) is 0 Å². The van der Waals surface area contributed by atoms with Gasteiger partial charge < -0.3 is 10.7 Å².